The molecule has 136 valence electrons. The maximum absolute atomic E-state index is 6.01. The highest BCUT2D eigenvalue weighted by Crippen LogP contribution is 2.36. The Bertz CT molecular complexity index is 895. The monoisotopic (exact) mass is 352 g/mol. The van der Waals surface area contributed by atoms with Crippen molar-refractivity contribution in [2.24, 2.45) is 0 Å². The predicted molar refractivity (Wildman–Crippen MR) is 106 cm³/mol. The van der Waals surface area contributed by atoms with Crippen LogP contribution in [0.3, 0.4) is 0 Å². The molecule has 3 aromatic rings. The van der Waals surface area contributed by atoms with E-state index < -0.39 is 0 Å². The van der Waals surface area contributed by atoms with Crippen LogP contribution in [0.4, 0.5) is 11.8 Å². The van der Waals surface area contributed by atoms with Gasteiger partial charge in [0.2, 0.25) is 5.95 Å². The highest BCUT2D eigenvalue weighted by Gasteiger charge is 2.15. The lowest BCUT2D eigenvalue weighted by Crippen LogP contribution is -2.17. The molecule has 0 atom stereocenters. The third-order valence-corrected chi connectivity index (χ3v) is 4.01. The van der Waals surface area contributed by atoms with Crippen LogP contribution in [0.25, 0.3) is 10.9 Å². The summed E-state index contributed by atoms with van der Waals surface area (Å²) in [6.45, 7) is 0.467. The number of rotatable bonds is 6. The minimum absolute atomic E-state index is 0.467. The lowest BCUT2D eigenvalue weighted by molar-refractivity contribution is 0.285. The highest BCUT2D eigenvalue weighted by molar-refractivity contribution is 5.93. The van der Waals surface area contributed by atoms with E-state index in [0.29, 0.717) is 24.1 Å². The molecular formula is C20H24N4O2. The zero-order chi connectivity index (χ0) is 18.7. The Balaban J connectivity index is 2.06. The van der Waals surface area contributed by atoms with E-state index in [4.69, 9.17) is 9.47 Å². The number of hydrogen-bond donors (Lipinski definition) is 0. The van der Waals surface area contributed by atoms with Crippen LogP contribution >= 0.6 is 0 Å². The van der Waals surface area contributed by atoms with Gasteiger partial charge >= 0.3 is 0 Å². The van der Waals surface area contributed by atoms with Crippen molar-refractivity contribution in [2.45, 2.75) is 6.61 Å². The van der Waals surface area contributed by atoms with Gasteiger partial charge in [-0.05, 0) is 11.6 Å². The van der Waals surface area contributed by atoms with Crippen LogP contribution in [0.5, 0.6) is 11.5 Å². The third-order valence-electron chi connectivity index (χ3n) is 4.01. The highest BCUT2D eigenvalue weighted by atomic mass is 16.5. The van der Waals surface area contributed by atoms with Gasteiger partial charge in [0, 0.05) is 39.6 Å². The van der Waals surface area contributed by atoms with Gasteiger partial charge in [-0.1, -0.05) is 30.3 Å². The normalized spacial score (nSPS) is 10.7. The van der Waals surface area contributed by atoms with E-state index in [1.165, 1.54) is 0 Å². The summed E-state index contributed by atoms with van der Waals surface area (Å²) in [5, 5.41) is 0.921. The Labute approximate surface area is 154 Å². The first kappa shape index (κ1) is 17.8. The van der Waals surface area contributed by atoms with Crippen LogP contribution in [0.15, 0.2) is 42.5 Å². The lowest BCUT2D eigenvalue weighted by atomic mass is 10.2. The Morgan fingerprint density at radius 3 is 2.23 bits per heavy atom. The number of benzene rings is 2. The number of fused-ring (bicyclic) bond motifs is 1. The van der Waals surface area contributed by atoms with E-state index in [9.17, 15) is 0 Å². The molecule has 0 aliphatic heterocycles. The zero-order valence-corrected chi connectivity index (χ0v) is 15.9. The van der Waals surface area contributed by atoms with Crippen LogP contribution in [0.1, 0.15) is 5.56 Å². The fourth-order valence-electron chi connectivity index (χ4n) is 2.66. The first-order valence-electron chi connectivity index (χ1n) is 8.40. The molecule has 0 saturated carbocycles. The molecule has 2 aromatic carbocycles. The van der Waals surface area contributed by atoms with Crippen LogP contribution < -0.4 is 19.3 Å². The number of nitrogens with zero attached hydrogens (tertiary/aromatic N) is 4. The van der Waals surface area contributed by atoms with E-state index >= 15 is 0 Å². The summed E-state index contributed by atoms with van der Waals surface area (Å²) in [6, 6.07) is 13.9. The molecule has 1 aromatic heterocycles. The van der Waals surface area contributed by atoms with Crippen molar-refractivity contribution >= 4 is 22.7 Å². The molecule has 6 nitrogen and oxygen atoms in total. The Hall–Kier alpha value is -3.02. The second kappa shape index (κ2) is 7.47. The zero-order valence-electron chi connectivity index (χ0n) is 15.9. The average molecular weight is 352 g/mol. The largest absolute Gasteiger partial charge is 0.493 e. The van der Waals surface area contributed by atoms with Gasteiger partial charge in [-0.15, -0.1) is 0 Å². The molecule has 0 N–H and O–H groups in total. The fraction of sp³-hybridized carbons (Fsp3) is 0.300. The predicted octanol–water partition coefficient (Wildman–Crippen LogP) is 3.35. The maximum atomic E-state index is 6.01. The number of hydrogen-bond acceptors (Lipinski definition) is 6. The summed E-state index contributed by atoms with van der Waals surface area (Å²) in [4.78, 5) is 13.2. The molecule has 0 saturated heterocycles. The van der Waals surface area contributed by atoms with E-state index in [1.807, 2.05) is 80.5 Å². The van der Waals surface area contributed by atoms with Crippen molar-refractivity contribution in [3.8, 4) is 11.5 Å². The molecule has 6 heteroatoms. The van der Waals surface area contributed by atoms with Gasteiger partial charge in [-0.25, -0.2) is 4.98 Å². The third kappa shape index (κ3) is 3.64. The number of methoxy groups -OCH3 is 1. The van der Waals surface area contributed by atoms with Crippen molar-refractivity contribution < 1.29 is 9.47 Å². The summed E-state index contributed by atoms with van der Waals surface area (Å²) < 4.78 is 11.6. The average Bonchev–Trinajstić information content (AvgIpc) is 2.65. The maximum Gasteiger partial charge on any atom is 0.227 e. The summed E-state index contributed by atoms with van der Waals surface area (Å²) in [7, 11) is 9.43. The quantitative estimate of drug-likeness (QED) is 0.678. The molecule has 0 radical (unpaired) electrons. The molecule has 0 amide bonds. The fourth-order valence-corrected chi connectivity index (χ4v) is 2.66. The van der Waals surface area contributed by atoms with Crippen molar-refractivity contribution in [1.29, 1.82) is 0 Å². The Kier molecular flexibility index (Phi) is 5.11. The van der Waals surface area contributed by atoms with Gasteiger partial charge in [0.25, 0.3) is 0 Å². The summed E-state index contributed by atoms with van der Waals surface area (Å²) in [5.41, 5.74) is 1.91. The van der Waals surface area contributed by atoms with Crippen LogP contribution in [-0.4, -0.2) is 45.3 Å². The summed E-state index contributed by atoms with van der Waals surface area (Å²) in [6.07, 6.45) is 0. The van der Waals surface area contributed by atoms with Gasteiger partial charge in [0.15, 0.2) is 11.5 Å². The number of ether oxygens (including phenoxy) is 2. The van der Waals surface area contributed by atoms with Crippen LogP contribution in [0, 0.1) is 0 Å². The van der Waals surface area contributed by atoms with Crippen molar-refractivity contribution in [2.75, 3.05) is 45.1 Å². The smallest absolute Gasteiger partial charge is 0.227 e. The van der Waals surface area contributed by atoms with E-state index in [2.05, 4.69) is 9.97 Å². The molecule has 0 bridgehead atoms. The molecule has 3 rings (SSSR count). The molecule has 0 spiro atoms. The SMILES string of the molecule is COc1cc2c(N(C)C)nc(N(C)C)nc2cc1OCc1ccccc1. The van der Waals surface area contributed by atoms with Crippen LogP contribution in [0.2, 0.25) is 0 Å². The first-order valence-corrected chi connectivity index (χ1v) is 8.40. The molecule has 0 aliphatic rings. The standard InChI is InChI=1S/C20H24N4O2/c1-23(2)19-15-11-17(25-5)18(26-13-14-9-7-6-8-10-14)12-16(15)21-20(22-19)24(3)4/h6-12H,13H2,1-5H3. The first-order chi connectivity index (χ1) is 12.5. The second-order valence-electron chi connectivity index (χ2n) is 6.43. The van der Waals surface area contributed by atoms with Crippen molar-refractivity contribution in [3.05, 3.63) is 48.0 Å². The molecule has 1 heterocycles. The number of anilines is 2. The van der Waals surface area contributed by atoms with Gasteiger partial charge in [0.1, 0.15) is 12.4 Å². The topological polar surface area (TPSA) is 50.7 Å². The van der Waals surface area contributed by atoms with Gasteiger partial charge in [-0.3, -0.25) is 0 Å². The lowest BCUT2D eigenvalue weighted by Gasteiger charge is -2.19. The molecule has 0 unspecified atom stereocenters. The minimum Gasteiger partial charge on any atom is -0.493 e. The van der Waals surface area contributed by atoms with E-state index in [0.717, 1.165) is 22.3 Å². The Morgan fingerprint density at radius 1 is 0.885 bits per heavy atom. The molecule has 26 heavy (non-hydrogen) atoms. The molecule has 0 fully saturated rings. The van der Waals surface area contributed by atoms with Gasteiger partial charge in [0.05, 0.1) is 12.6 Å². The number of aromatic nitrogens is 2. The summed E-state index contributed by atoms with van der Waals surface area (Å²) in [5.74, 6) is 2.82. The second-order valence-corrected chi connectivity index (χ2v) is 6.43. The van der Waals surface area contributed by atoms with Gasteiger partial charge in [-0.2, -0.15) is 4.98 Å². The van der Waals surface area contributed by atoms with Crippen LogP contribution in [-0.2, 0) is 6.61 Å². The minimum atomic E-state index is 0.467. The van der Waals surface area contributed by atoms with E-state index in [-0.39, 0.29) is 0 Å². The summed E-state index contributed by atoms with van der Waals surface area (Å²) >= 11 is 0. The Morgan fingerprint density at radius 2 is 1.62 bits per heavy atom. The van der Waals surface area contributed by atoms with Crippen molar-refractivity contribution in [3.63, 3.8) is 0 Å². The molecular weight excluding hydrogens is 328 g/mol. The van der Waals surface area contributed by atoms with Crippen molar-refractivity contribution in [1.82, 2.24) is 9.97 Å². The van der Waals surface area contributed by atoms with E-state index in [1.54, 1.807) is 7.11 Å². The molecule has 0 aliphatic carbocycles. The van der Waals surface area contributed by atoms with Gasteiger partial charge < -0.3 is 19.3 Å².